The van der Waals surface area contributed by atoms with E-state index in [2.05, 4.69) is 11.8 Å². The van der Waals surface area contributed by atoms with Crippen LogP contribution in [0.15, 0.2) is 0 Å². The van der Waals surface area contributed by atoms with Crippen molar-refractivity contribution in [2.24, 2.45) is 11.8 Å². The summed E-state index contributed by atoms with van der Waals surface area (Å²) in [5, 5.41) is 0. The summed E-state index contributed by atoms with van der Waals surface area (Å²) in [5.41, 5.74) is 0. The fourth-order valence-electron chi connectivity index (χ4n) is 3.18. The summed E-state index contributed by atoms with van der Waals surface area (Å²) >= 11 is 5.85. The van der Waals surface area contributed by atoms with Crippen LogP contribution in [0.25, 0.3) is 0 Å². The zero-order chi connectivity index (χ0) is 11.5. The quantitative estimate of drug-likeness (QED) is 0.698. The summed E-state index contributed by atoms with van der Waals surface area (Å²) in [7, 11) is 0. The highest BCUT2D eigenvalue weighted by Gasteiger charge is 2.35. The van der Waals surface area contributed by atoms with Gasteiger partial charge in [0.2, 0.25) is 5.91 Å². The minimum atomic E-state index is 0.323. The van der Waals surface area contributed by atoms with Gasteiger partial charge in [-0.05, 0) is 31.6 Å². The summed E-state index contributed by atoms with van der Waals surface area (Å²) in [6, 6.07) is 0.431. The zero-order valence-electron chi connectivity index (χ0n) is 10.1. The third kappa shape index (κ3) is 2.53. The lowest BCUT2D eigenvalue weighted by atomic mass is 9.84. The number of halogens is 1. The zero-order valence-corrected chi connectivity index (χ0v) is 10.9. The highest BCUT2D eigenvalue weighted by Crippen LogP contribution is 2.32. The van der Waals surface area contributed by atoms with Gasteiger partial charge in [-0.15, -0.1) is 11.6 Å². The van der Waals surface area contributed by atoms with Crippen molar-refractivity contribution in [3.05, 3.63) is 0 Å². The van der Waals surface area contributed by atoms with Gasteiger partial charge >= 0.3 is 0 Å². The van der Waals surface area contributed by atoms with Gasteiger partial charge in [-0.3, -0.25) is 4.79 Å². The smallest absolute Gasteiger partial charge is 0.223 e. The Kier molecular flexibility index (Phi) is 4.12. The molecule has 2 fully saturated rings. The van der Waals surface area contributed by atoms with E-state index in [4.69, 9.17) is 11.6 Å². The van der Waals surface area contributed by atoms with Crippen LogP contribution in [-0.4, -0.2) is 29.3 Å². The molecule has 2 nitrogen and oxygen atoms in total. The van der Waals surface area contributed by atoms with E-state index in [1.165, 1.54) is 32.1 Å². The molecule has 2 atom stereocenters. The fourth-order valence-corrected chi connectivity index (χ4v) is 3.38. The maximum absolute atomic E-state index is 11.9. The van der Waals surface area contributed by atoms with Crippen LogP contribution in [0.3, 0.4) is 0 Å². The highest BCUT2D eigenvalue weighted by molar-refractivity contribution is 6.18. The van der Waals surface area contributed by atoms with Crippen LogP contribution in [0, 0.1) is 11.8 Å². The maximum Gasteiger partial charge on any atom is 0.223 e. The molecule has 2 aliphatic rings. The molecule has 1 heterocycles. The highest BCUT2D eigenvalue weighted by atomic mass is 35.5. The molecular weight excluding hydrogens is 222 g/mol. The predicted molar refractivity (Wildman–Crippen MR) is 66.6 cm³/mol. The predicted octanol–water partition coefficient (Wildman–Crippen LogP) is 3.04. The molecule has 1 saturated carbocycles. The molecule has 1 saturated heterocycles. The summed E-state index contributed by atoms with van der Waals surface area (Å²) in [4.78, 5) is 14.0. The molecule has 0 aromatic rings. The molecule has 0 N–H and O–H groups in total. The molecule has 92 valence electrons. The molecule has 0 bridgehead atoms. The van der Waals surface area contributed by atoms with E-state index in [9.17, 15) is 4.79 Å². The van der Waals surface area contributed by atoms with Crippen molar-refractivity contribution in [3.63, 3.8) is 0 Å². The Labute approximate surface area is 103 Å². The number of carbonyl (C=O) groups is 1. The first-order valence-corrected chi connectivity index (χ1v) is 7.11. The van der Waals surface area contributed by atoms with Gasteiger partial charge in [0.25, 0.3) is 0 Å². The van der Waals surface area contributed by atoms with E-state index >= 15 is 0 Å². The first kappa shape index (κ1) is 12.2. The molecule has 2 rings (SSSR count). The molecule has 1 unspecified atom stereocenters. The van der Waals surface area contributed by atoms with Crippen molar-refractivity contribution in [2.75, 3.05) is 12.4 Å². The van der Waals surface area contributed by atoms with Crippen molar-refractivity contribution in [1.29, 1.82) is 0 Å². The normalized spacial score (nSPS) is 29.8. The fraction of sp³-hybridized carbons (Fsp3) is 0.923. The largest absolute Gasteiger partial charge is 0.339 e. The van der Waals surface area contributed by atoms with Gasteiger partial charge < -0.3 is 4.90 Å². The molecular formula is C13H22ClNO. The van der Waals surface area contributed by atoms with E-state index in [0.29, 0.717) is 30.2 Å². The van der Waals surface area contributed by atoms with Crippen LogP contribution in [-0.2, 0) is 4.79 Å². The van der Waals surface area contributed by atoms with Crippen LogP contribution in [0.2, 0.25) is 0 Å². The lowest BCUT2D eigenvalue weighted by Crippen LogP contribution is -2.40. The van der Waals surface area contributed by atoms with E-state index in [1.807, 2.05) is 0 Å². The number of carbonyl (C=O) groups excluding carboxylic acids is 1. The monoisotopic (exact) mass is 243 g/mol. The summed E-state index contributed by atoms with van der Waals surface area (Å²) < 4.78 is 0. The number of rotatable bonds is 3. The van der Waals surface area contributed by atoms with Crippen molar-refractivity contribution in [3.8, 4) is 0 Å². The van der Waals surface area contributed by atoms with Crippen LogP contribution >= 0.6 is 11.6 Å². The number of amides is 1. The number of nitrogens with zero attached hydrogens (tertiary/aromatic N) is 1. The molecule has 0 radical (unpaired) electrons. The minimum absolute atomic E-state index is 0.323. The van der Waals surface area contributed by atoms with Crippen LogP contribution < -0.4 is 0 Å². The summed E-state index contributed by atoms with van der Waals surface area (Å²) in [5.74, 6) is 2.07. The molecule has 1 amide bonds. The van der Waals surface area contributed by atoms with E-state index in [-0.39, 0.29) is 0 Å². The first-order valence-electron chi connectivity index (χ1n) is 6.57. The second kappa shape index (κ2) is 5.39. The van der Waals surface area contributed by atoms with Gasteiger partial charge in [0.1, 0.15) is 0 Å². The Morgan fingerprint density at radius 3 is 2.62 bits per heavy atom. The van der Waals surface area contributed by atoms with Crippen molar-refractivity contribution in [2.45, 2.75) is 51.5 Å². The summed E-state index contributed by atoms with van der Waals surface area (Å²) in [6.45, 7) is 3.12. The van der Waals surface area contributed by atoms with Gasteiger partial charge in [0.05, 0.1) is 0 Å². The van der Waals surface area contributed by atoms with Crippen LogP contribution in [0.5, 0.6) is 0 Å². The maximum atomic E-state index is 11.9. The average molecular weight is 244 g/mol. The number of alkyl halides is 1. The Bertz CT molecular complexity index is 250. The SMILES string of the molecule is C[C@@H](C1CCCCC1)N1CC(CCl)CC1=O. The van der Waals surface area contributed by atoms with E-state index in [1.54, 1.807) is 0 Å². The van der Waals surface area contributed by atoms with Gasteiger partial charge in [0.15, 0.2) is 0 Å². The molecule has 3 heteroatoms. The van der Waals surface area contributed by atoms with E-state index in [0.717, 1.165) is 12.5 Å². The summed E-state index contributed by atoms with van der Waals surface area (Å²) in [6.07, 6.45) is 7.33. The van der Waals surface area contributed by atoms with Crippen molar-refractivity contribution >= 4 is 17.5 Å². The molecule has 1 aliphatic heterocycles. The van der Waals surface area contributed by atoms with Crippen molar-refractivity contribution < 1.29 is 4.79 Å². The lowest BCUT2D eigenvalue weighted by Gasteiger charge is -2.34. The lowest BCUT2D eigenvalue weighted by molar-refractivity contribution is -0.130. The van der Waals surface area contributed by atoms with Gasteiger partial charge in [-0.2, -0.15) is 0 Å². The number of likely N-dealkylation sites (tertiary alicyclic amines) is 1. The Balaban J connectivity index is 1.93. The topological polar surface area (TPSA) is 20.3 Å². The van der Waals surface area contributed by atoms with Crippen molar-refractivity contribution in [1.82, 2.24) is 4.90 Å². The van der Waals surface area contributed by atoms with Gasteiger partial charge in [-0.25, -0.2) is 0 Å². The molecule has 0 aromatic heterocycles. The Morgan fingerprint density at radius 1 is 1.38 bits per heavy atom. The van der Waals surface area contributed by atoms with Gasteiger partial charge in [-0.1, -0.05) is 19.3 Å². The number of hydrogen-bond acceptors (Lipinski definition) is 1. The number of hydrogen-bond donors (Lipinski definition) is 0. The molecule has 16 heavy (non-hydrogen) atoms. The van der Waals surface area contributed by atoms with Gasteiger partial charge in [0, 0.05) is 24.9 Å². The van der Waals surface area contributed by atoms with Crippen LogP contribution in [0.4, 0.5) is 0 Å². The molecule has 1 aliphatic carbocycles. The Morgan fingerprint density at radius 2 is 2.06 bits per heavy atom. The average Bonchev–Trinajstić information content (AvgIpc) is 2.71. The van der Waals surface area contributed by atoms with Crippen LogP contribution in [0.1, 0.15) is 45.4 Å². The standard InChI is InChI=1S/C13H22ClNO/c1-10(12-5-3-2-4-6-12)15-9-11(8-14)7-13(15)16/h10-12H,2-9H2,1H3/t10-,11?/m0/s1. The molecule has 0 aromatic carbocycles. The second-order valence-corrected chi connectivity index (χ2v) is 5.72. The second-order valence-electron chi connectivity index (χ2n) is 5.41. The Hall–Kier alpha value is -0.240. The molecule has 0 spiro atoms. The van der Waals surface area contributed by atoms with E-state index < -0.39 is 0 Å². The third-order valence-electron chi connectivity index (χ3n) is 4.28. The first-order chi connectivity index (χ1) is 7.72. The minimum Gasteiger partial charge on any atom is -0.339 e. The third-order valence-corrected chi connectivity index (χ3v) is 4.72.